The standard InChI is InChI=1S/C16H24N2O3S/c1-3-12(4-2)16(19)18-14-7-5-13(6-8-14)17-15-9-10-22(20,21)11-15/h5-8,12,15,17H,3-4,9-11H2,1-2H3,(H,18,19). The maximum atomic E-state index is 12.0. The average molecular weight is 324 g/mol. The molecule has 1 amide bonds. The van der Waals surface area contributed by atoms with Crippen LogP contribution in [0.2, 0.25) is 0 Å². The number of benzene rings is 1. The number of sulfone groups is 1. The van der Waals surface area contributed by atoms with Crippen LogP contribution in [-0.2, 0) is 14.6 Å². The van der Waals surface area contributed by atoms with E-state index in [1.165, 1.54) is 0 Å². The Morgan fingerprint density at radius 3 is 2.27 bits per heavy atom. The zero-order valence-electron chi connectivity index (χ0n) is 13.1. The van der Waals surface area contributed by atoms with Gasteiger partial charge in [-0.05, 0) is 43.5 Å². The second kappa shape index (κ2) is 7.13. The van der Waals surface area contributed by atoms with Gasteiger partial charge < -0.3 is 10.6 Å². The predicted octanol–water partition coefficient (Wildman–Crippen LogP) is 2.66. The van der Waals surface area contributed by atoms with Gasteiger partial charge in [-0.1, -0.05) is 13.8 Å². The van der Waals surface area contributed by atoms with Crippen molar-refractivity contribution in [1.82, 2.24) is 0 Å². The molecule has 0 saturated carbocycles. The van der Waals surface area contributed by atoms with Crippen molar-refractivity contribution in [2.75, 3.05) is 22.1 Å². The molecule has 1 aliphatic rings. The number of carbonyl (C=O) groups is 1. The molecule has 0 aliphatic carbocycles. The van der Waals surface area contributed by atoms with Gasteiger partial charge in [-0.3, -0.25) is 4.79 Å². The van der Waals surface area contributed by atoms with Crippen LogP contribution in [0.3, 0.4) is 0 Å². The van der Waals surface area contributed by atoms with Gasteiger partial charge in [-0.15, -0.1) is 0 Å². The summed E-state index contributed by atoms with van der Waals surface area (Å²) in [6.45, 7) is 4.02. The van der Waals surface area contributed by atoms with Crippen LogP contribution >= 0.6 is 0 Å². The number of carbonyl (C=O) groups excluding carboxylic acids is 1. The Morgan fingerprint density at radius 1 is 1.18 bits per heavy atom. The molecule has 1 heterocycles. The fraction of sp³-hybridized carbons (Fsp3) is 0.562. The minimum Gasteiger partial charge on any atom is -0.381 e. The lowest BCUT2D eigenvalue weighted by Gasteiger charge is -2.15. The van der Waals surface area contributed by atoms with E-state index < -0.39 is 9.84 Å². The van der Waals surface area contributed by atoms with Crippen molar-refractivity contribution >= 4 is 27.1 Å². The average Bonchev–Trinajstić information content (AvgIpc) is 2.81. The van der Waals surface area contributed by atoms with Gasteiger partial charge in [-0.25, -0.2) is 8.42 Å². The summed E-state index contributed by atoms with van der Waals surface area (Å²) in [6.07, 6.45) is 2.31. The Balaban J connectivity index is 1.92. The van der Waals surface area contributed by atoms with Crippen LogP contribution in [0.4, 0.5) is 11.4 Å². The summed E-state index contributed by atoms with van der Waals surface area (Å²) in [4.78, 5) is 12.0. The molecule has 0 bridgehead atoms. The molecule has 2 rings (SSSR count). The molecule has 1 fully saturated rings. The molecule has 122 valence electrons. The Hall–Kier alpha value is -1.56. The van der Waals surface area contributed by atoms with Crippen LogP contribution in [0.5, 0.6) is 0 Å². The van der Waals surface area contributed by atoms with E-state index in [1.807, 2.05) is 38.1 Å². The van der Waals surface area contributed by atoms with E-state index in [4.69, 9.17) is 0 Å². The van der Waals surface area contributed by atoms with Gasteiger partial charge in [0.05, 0.1) is 11.5 Å². The first-order chi connectivity index (χ1) is 10.4. The van der Waals surface area contributed by atoms with Crippen LogP contribution in [-0.4, -0.2) is 31.9 Å². The first-order valence-electron chi connectivity index (χ1n) is 7.81. The van der Waals surface area contributed by atoms with E-state index in [9.17, 15) is 13.2 Å². The molecule has 1 aromatic rings. The summed E-state index contributed by atoms with van der Waals surface area (Å²) in [5, 5.41) is 6.15. The van der Waals surface area contributed by atoms with Crippen molar-refractivity contribution in [2.45, 2.75) is 39.2 Å². The van der Waals surface area contributed by atoms with E-state index in [2.05, 4.69) is 10.6 Å². The summed E-state index contributed by atoms with van der Waals surface area (Å²) in [6, 6.07) is 7.40. The van der Waals surface area contributed by atoms with E-state index >= 15 is 0 Å². The molecule has 1 aliphatic heterocycles. The lowest BCUT2D eigenvalue weighted by atomic mass is 10.0. The van der Waals surface area contributed by atoms with Crippen LogP contribution in [0.15, 0.2) is 24.3 Å². The normalized spacial score (nSPS) is 20.0. The second-order valence-electron chi connectivity index (χ2n) is 5.82. The highest BCUT2D eigenvalue weighted by Crippen LogP contribution is 2.20. The summed E-state index contributed by atoms with van der Waals surface area (Å²) >= 11 is 0. The highest BCUT2D eigenvalue weighted by atomic mass is 32.2. The van der Waals surface area contributed by atoms with Gasteiger partial charge >= 0.3 is 0 Å². The molecule has 0 aromatic heterocycles. The first kappa shape index (κ1) is 16.8. The van der Waals surface area contributed by atoms with Crippen LogP contribution in [0.1, 0.15) is 33.1 Å². The van der Waals surface area contributed by atoms with Gasteiger partial charge in [0.2, 0.25) is 5.91 Å². The van der Waals surface area contributed by atoms with Crippen molar-refractivity contribution in [3.05, 3.63) is 24.3 Å². The smallest absolute Gasteiger partial charge is 0.227 e. The largest absolute Gasteiger partial charge is 0.381 e. The van der Waals surface area contributed by atoms with E-state index in [-0.39, 0.29) is 29.4 Å². The highest BCUT2D eigenvalue weighted by molar-refractivity contribution is 7.91. The van der Waals surface area contributed by atoms with Gasteiger partial charge in [0.1, 0.15) is 0 Å². The SMILES string of the molecule is CCC(CC)C(=O)Nc1ccc(NC2CCS(=O)(=O)C2)cc1. The van der Waals surface area contributed by atoms with Gasteiger partial charge in [0.25, 0.3) is 0 Å². The number of hydrogen-bond donors (Lipinski definition) is 2. The fourth-order valence-corrected chi connectivity index (χ4v) is 4.37. The predicted molar refractivity (Wildman–Crippen MR) is 89.8 cm³/mol. The minimum atomic E-state index is -2.87. The Bertz CT molecular complexity index is 607. The summed E-state index contributed by atoms with van der Waals surface area (Å²) in [5.74, 6) is 0.545. The Labute approximate surface area is 132 Å². The van der Waals surface area contributed by atoms with Crippen molar-refractivity contribution in [3.8, 4) is 0 Å². The lowest BCUT2D eigenvalue weighted by Crippen LogP contribution is -2.22. The topological polar surface area (TPSA) is 75.3 Å². The van der Waals surface area contributed by atoms with Gasteiger partial charge in [-0.2, -0.15) is 0 Å². The van der Waals surface area contributed by atoms with E-state index in [1.54, 1.807) is 0 Å². The van der Waals surface area contributed by atoms with E-state index in [0.717, 1.165) is 24.2 Å². The van der Waals surface area contributed by atoms with Crippen molar-refractivity contribution in [3.63, 3.8) is 0 Å². The third kappa shape index (κ3) is 4.47. The number of amides is 1. The third-order valence-corrected chi connectivity index (χ3v) is 5.88. The fourth-order valence-electron chi connectivity index (χ4n) is 2.70. The quantitative estimate of drug-likeness (QED) is 0.843. The summed E-state index contributed by atoms with van der Waals surface area (Å²) < 4.78 is 22.9. The molecule has 6 heteroatoms. The molecule has 22 heavy (non-hydrogen) atoms. The second-order valence-corrected chi connectivity index (χ2v) is 8.05. The molecular weight excluding hydrogens is 300 g/mol. The zero-order chi connectivity index (χ0) is 16.2. The number of rotatable bonds is 6. The number of nitrogens with one attached hydrogen (secondary N) is 2. The summed E-state index contributed by atoms with van der Waals surface area (Å²) in [7, 11) is -2.87. The van der Waals surface area contributed by atoms with Gasteiger partial charge in [0, 0.05) is 23.3 Å². The molecule has 0 radical (unpaired) electrons. The monoisotopic (exact) mass is 324 g/mol. The molecule has 2 N–H and O–H groups in total. The first-order valence-corrected chi connectivity index (χ1v) is 9.63. The number of hydrogen-bond acceptors (Lipinski definition) is 4. The minimum absolute atomic E-state index is 0.0185. The molecule has 5 nitrogen and oxygen atoms in total. The van der Waals surface area contributed by atoms with Crippen molar-refractivity contribution in [2.24, 2.45) is 5.92 Å². The van der Waals surface area contributed by atoms with Crippen LogP contribution in [0.25, 0.3) is 0 Å². The van der Waals surface area contributed by atoms with Crippen LogP contribution < -0.4 is 10.6 Å². The summed E-state index contributed by atoms with van der Waals surface area (Å²) in [5.41, 5.74) is 1.64. The molecule has 0 spiro atoms. The Morgan fingerprint density at radius 2 is 1.77 bits per heavy atom. The number of anilines is 2. The van der Waals surface area contributed by atoms with Crippen molar-refractivity contribution < 1.29 is 13.2 Å². The Kier molecular flexibility index (Phi) is 5.45. The van der Waals surface area contributed by atoms with Crippen molar-refractivity contribution in [1.29, 1.82) is 0 Å². The van der Waals surface area contributed by atoms with Gasteiger partial charge in [0.15, 0.2) is 9.84 Å². The maximum Gasteiger partial charge on any atom is 0.227 e. The molecular formula is C16H24N2O3S. The molecule has 1 atom stereocenters. The lowest BCUT2D eigenvalue weighted by molar-refractivity contribution is -0.120. The zero-order valence-corrected chi connectivity index (χ0v) is 13.9. The van der Waals surface area contributed by atoms with Crippen LogP contribution in [0, 0.1) is 5.92 Å². The third-order valence-electron chi connectivity index (χ3n) is 4.11. The highest BCUT2D eigenvalue weighted by Gasteiger charge is 2.27. The molecule has 1 saturated heterocycles. The van der Waals surface area contributed by atoms with E-state index in [0.29, 0.717) is 6.42 Å². The molecule has 1 unspecified atom stereocenters. The molecule has 1 aromatic carbocycles. The maximum absolute atomic E-state index is 12.0.